The molecule has 0 unspecified atom stereocenters. The fourth-order valence-corrected chi connectivity index (χ4v) is 3.90. The molecule has 1 N–H and O–H groups in total. The van der Waals surface area contributed by atoms with Crippen LogP contribution in [-0.2, 0) is 12.8 Å². The lowest BCUT2D eigenvalue weighted by atomic mass is 9.96. The van der Waals surface area contributed by atoms with Crippen LogP contribution in [0.2, 0.25) is 0 Å². The Hall–Kier alpha value is -3.32. The summed E-state index contributed by atoms with van der Waals surface area (Å²) in [5, 5.41) is 14.7. The zero-order valence-corrected chi connectivity index (χ0v) is 18.2. The van der Waals surface area contributed by atoms with Crippen LogP contribution in [0.3, 0.4) is 0 Å². The van der Waals surface area contributed by atoms with Gasteiger partial charge in [-0.15, -0.1) is 13.2 Å². The van der Waals surface area contributed by atoms with Gasteiger partial charge in [0.2, 0.25) is 0 Å². The second-order valence-corrected chi connectivity index (χ2v) is 7.86. The van der Waals surface area contributed by atoms with Gasteiger partial charge in [-0.05, 0) is 72.4 Å². The number of hydrogen-bond donors (Lipinski definition) is 1. The second kappa shape index (κ2) is 9.45. The van der Waals surface area contributed by atoms with E-state index in [1.165, 1.54) is 38.4 Å². The number of hydrogen-bond acceptors (Lipinski definition) is 1. The zero-order valence-electron chi connectivity index (χ0n) is 18.2. The second-order valence-electron chi connectivity index (χ2n) is 7.86. The molecule has 4 aromatic rings. The number of phenols is 1. The Balaban J connectivity index is 0.000000171. The third kappa shape index (κ3) is 4.63. The minimum absolute atomic E-state index is 0.353. The lowest BCUT2D eigenvalue weighted by Crippen LogP contribution is -1.89. The molecular formula is C29H30O. The van der Waals surface area contributed by atoms with Crippen LogP contribution in [0.25, 0.3) is 21.5 Å². The summed E-state index contributed by atoms with van der Waals surface area (Å²) in [5.41, 5.74) is 6.27. The molecule has 0 amide bonds. The summed E-state index contributed by atoms with van der Waals surface area (Å²) < 4.78 is 0. The quantitative estimate of drug-likeness (QED) is 0.351. The molecular weight excluding hydrogens is 364 g/mol. The number of rotatable bonds is 4. The van der Waals surface area contributed by atoms with Crippen molar-refractivity contribution in [2.45, 2.75) is 33.6 Å². The fraction of sp³-hybridized carbons (Fsp3) is 0.172. The monoisotopic (exact) mass is 394 g/mol. The maximum absolute atomic E-state index is 9.76. The van der Waals surface area contributed by atoms with Crippen LogP contribution < -0.4 is 0 Å². The molecule has 0 aliphatic rings. The summed E-state index contributed by atoms with van der Waals surface area (Å²) in [7, 11) is 0. The van der Waals surface area contributed by atoms with Gasteiger partial charge in [0, 0.05) is 5.56 Å². The molecule has 30 heavy (non-hydrogen) atoms. The third-order valence-corrected chi connectivity index (χ3v) is 5.48. The van der Waals surface area contributed by atoms with Crippen LogP contribution in [0.4, 0.5) is 0 Å². The van der Waals surface area contributed by atoms with Gasteiger partial charge in [0.05, 0.1) is 0 Å². The molecule has 152 valence electrons. The van der Waals surface area contributed by atoms with E-state index < -0.39 is 0 Å². The molecule has 4 aromatic carbocycles. The summed E-state index contributed by atoms with van der Waals surface area (Å²) in [6.45, 7) is 13.9. The SMILES string of the molecule is C=CCc1c(C)ccc2cc(C)ccc12.C=CCc1c(O)ccc2cc(C)ccc12. The molecule has 0 saturated heterocycles. The number of aryl methyl sites for hydroxylation is 3. The first kappa shape index (κ1) is 21.4. The number of benzene rings is 4. The summed E-state index contributed by atoms with van der Waals surface area (Å²) in [5.74, 6) is 0.353. The van der Waals surface area contributed by atoms with Crippen molar-refractivity contribution in [3.63, 3.8) is 0 Å². The van der Waals surface area contributed by atoms with E-state index in [0.29, 0.717) is 12.2 Å². The fourth-order valence-electron chi connectivity index (χ4n) is 3.90. The Bertz CT molecular complexity index is 1120. The topological polar surface area (TPSA) is 20.2 Å². The van der Waals surface area contributed by atoms with Crippen molar-refractivity contribution in [3.8, 4) is 5.75 Å². The van der Waals surface area contributed by atoms with Crippen LogP contribution in [0.15, 0.2) is 86.0 Å². The molecule has 4 rings (SSSR count). The summed E-state index contributed by atoms with van der Waals surface area (Å²) in [6.07, 6.45) is 5.44. The van der Waals surface area contributed by atoms with E-state index in [1.807, 2.05) is 18.2 Å². The summed E-state index contributed by atoms with van der Waals surface area (Å²) >= 11 is 0. The predicted molar refractivity (Wildman–Crippen MR) is 132 cm³/mol. The normalized spacial score (nSPS) is 10.5. The number of allylic oxidation sites excluding steroid dienone is 2. The molecule has 0 aliphatic carbocycles. The highest BCUT2D eigenvalue weighted by Crippen LogP contribution is 2.28. The van der Waals surface area contributed by atoms with Gasteiger partial charge in [0.25, 0.3) is 0 Å². The molecule has 1 heteroatoms. The van der Waals surface area contributed by atoms with Crippen molar-refractivity contribution >= 4 is 21.5 Å². The van der Waals surface area contributed by atoms with E-state index in [4.69, 9.17) is 0 Å². The van der Waals surface area contributed by atoms with E-state index in [0.717, 1.165) is 17.4 Å². The highest BCUT2D eigenvalue weighted by atomic mass is 16.3. The largest absolute Gasteiger partial charge is 0.508 e. The van der Waals surface area contributed by atoms with Gasteiger partial charge in [-0.2, -0.15) is 0 Å². The van der Waals surface area contributed by atoms with E-state index >= 15 is 0 Å². The van der Waals surface area contributed by atoms with Crippen LogP contribution in [-0.4, -0.2) is 5.11 Å². The first-order valence-electron chi connectivity index (χ1n) is 10.4. The lowest BCUT2D eigenvalue weighted by molar-refractivity contribution is 0.471. The Morgan fingerprint density at radius 3 is 1.73 bits per heavy atom. The van der Waals surface area contributed by atoms with E-state index in [1.54, 1.807) is 6.07 Å². The van der Waals surface area contributed by atoms with Gasteiger partial charge in [-0.1, -0.05) is 77.9 Å². The van der Waals surface area contributed by atoms with Crippen LogP contribution >= 0.6 is 0 Å². The number of aromatic hydroxyl groups is 1. The third-order valence-electron chi connectivity index (χ3n) is 5.48. The molecule has 0 fully saturated rings. The molecule has 0 aromatic heterocycles. The lowest BCUT2D eigenvalue weighted by Gasteiger charge is -2.08. The maximum atomic E-state index is 9.76. The first-order valence-corrected chi connectivity index (χ1v) is 10.4. The van der Waals surface area contributed by atoms with Crippen LogP contribution in [0, 0.1) is 20.8 Å². The predicted octanol–water partition coefficient (Wildman–Crippen LogP) is 7.77. The summed E-state index contributed by atoms with van der Waals surface area (Å²) in [6, 6.07) is 21.0. The van der Waals surface area contributed by atoms with Crippen molar-refractivity contribution in [1.82, 2.24) is 0 Å². The number of phenolic OH excluding ortho intramolecular Hbond substituents is 1. The molecule has 0 atom stereocenters. The molecule has 1 nitrogen and oxygen atoms in total. The van der Waals surface area contributed by atoms with Crippen molar-refractivity contribution in [1.29, 1.82) is 0 Å². The molecule has 0 saturated carbocycles. The molecule has 0 radical (unpaired) electrons. The highest BCUT2D eigenvalue weighted by molar-refractivity contribution is 5.89. The average Bonchev–Trinajstić information content (AvgIpc) is 2.73. The van der Waals surface area contributed by atoms with Crippen molar-refractivity contribution in [2.24, 2.45) is 0 Å². The minimum Gasteiger partial charge on any atom is -0.508 e. The zero-order chi connectivity index (χ0) is 21.7. The Morgan fingerprint density at radius 2 is 1.17 bits per heavy atom. The Kier molecular flexibility index (Phi) is 6.74. The van der Waals surface area contributed by atoms with Crippen molar-refractivity contribution < 1.29 is 5.11 Å². The first-order chi connectivity index (χ1) is 14.4. The van der Waals surface area contributed by atoms with Gasteiger partial charge in [-0.3, -0.25) is 0 Å². The van der Waals surface area contributed by atoms with Crippen LogP contribution in [0.1, 0.15) is 27.8 Å². The molecule has 0 heterocycles. The number of fused-ring (bicyclic) bond motifs is 2. The molecule has 0 bridgehead atoms. The average molecular weight is 395 g/mol. The van der Waals surface area contributed by atoms with E-state index in [2.05, 4.69) is 82.5 Å². The van der Waals surface area contributed by atoms with Gasteiger partial charge in [-0.25, -0.2) is 0 Å². The van der Waals surface area contributed by atoms with Crippen molar-refractivity contribution in [2.75, 3.05) is 0 Å². The van der Waals surface area contributed by atoms with Crippen LogP contribution in [0.5, 0.6) is 5.75 Å². The Labute approximate surface area is 180 Å². The maximum Gasteiger partial charge on any atom is 0.119 e. The van der Waals surface area contributed by atoms with Gasteiger partial charge in [0.15, 0.2) is 0 Å². The minimum atomic E-state index is 0.353. The molecule has 0 aliphatic heterocycles. The van der Waals surface area contributed by atoms with E-state index in [9.17, 15) is 5.11 Å². The van der Waals surface area contributed by atoms with E-state index in [-0.39, 0.29) is 0 Å². The summed E-state index contributed by atoms with van der Waals surface area (Å²) in [4.78, 5) is 0. The molecule has 0 spiro atoms. The van der Waals surface area contributed by atoms with Crippen molar-refractivity contribution in [3.05, 3.63) is 114 Å². The highest BCUT2D eigenvalue weighted by Gasteiger charge is 2.05. The Morgan fingerprint density at radius 1 is 0.667 bits per heavy atom. The van der Waals surface area contributed by atoms with Gasteiger partial charge in [0.1, 0.15) is 5.75 Å². The smallest absolute Gasteiger partial charge is 0.119 e. The standard InChI is InChI=1S/C15H16.C14H14O/c1-4-5-14-12(3)7-8-13-10-11(2)6-9-15(13)14;1-3-4-13-12-7-5-10(2)9-11(12)6-8-14(13)15/h4,6-10H,1,5H2,2-3H3;3,5-9,15H,1,4H2,2H3. The van der Waals surface area contributed by atoms with Gasteiger partial charge < -0.3 is 5.11 Å². The van der Waals surface area contributed by atoms with Gasteiger partial charge >= 0.3 is 0 Å².